The number of aliphatic hydroxyl groups excluding tert-OH is 1. The summed E-state index contributed by atoms with van der Waals surface area (Å²) in [5, 5.41) is 12.8. The zero-order chi connectivity index (χ0) is 25.1. The minimum absolute atomic E-state index is 0.194. The summed E-state index contributed by atoms with van der Waals surface area (Å²) in [6, 6.07) is 12.5. The van der Waals surface area contributed by atoms with Crippen LogP contribution in [0.25, 0.3) is 11.4 Å². The molecule has 1 saturated heterocycles. The molecule has 0 amide bonds. The molecule has 1 spiro atoms. The zero-order valence-corrected chi connectivity index (χ0v) is 20.0. The van der Waals surface area contributed by atoms with Crippen LogP contribution in [0.2, 0.25) is 0 Å². The molecule has 0 radical (unpaired) electrons. The van der Waals surface area contributed by atoms with Gasteiger partial charge in [-0.15, -0.1) is 5.06 Å². The fraction of sp³-hybridized carbons (Fsp3) is 0.400. The molecule has 3 aromatic rings. The summed E-state index contributed by atoms with van der Waals surface area (Å²) in [7, 11) is 0. The van der Waals surface area contributed by atoms with Crippen molar-refractivity contribution < 1.29 is 19.5 Å². The monoisotopic (exact) mass is 492 g/mol. The second-order valence-electron chi connectivity index (χ2n) is 8.93. The van der Waals surface area contributed by atoms with Crippen LogP contribution in [-0.2, 0) is 16.1 Å². The number of ether oxygens (including phenoxy) is 1. The number of β-amino-alcohol motifs (C(OH)–C–C–N with tert-alkyl or cyclic N) is 1. The molecule has 2 aliphatic rings. The summed E-state index contributed by atoms with van der Waals surface area (Å²) in [6.07, 6.45) is 2.71. The number of carbonyl (C=O) groups excluding carboxylic acids is 1. The van der Waals surface area contributed by atoms with Gasteiger partial charge in [-0.05, 0) is 31.4 Å². The van der Waals surface area contributed by atoms with Crippen LogP contribution in [0.5, 0.6) is 0 Å². The summed E-state index contributed by atoms with van der Waals surface area (Å²) < 4.78 is 6.57. The molecule has 2 atom stereocenters. The van der Waals surface area contributed by atoms with Crippen molar-refractivity contribution in [3.05, 3.63) is 70.9 Å². The van der Waals surface area contributed by atoms with Crippen LogP contribution >= 0.6 is 0 Å². The van der Waals surface area contributed by atoms with Gasteiger partial charge >= 0.3 is 6.16 Å². The quantitative estimate of drug-likeness (QED) is 0.512. The fourth-order valence-electron chi connectivity index (χ4n) is 4.95. The highest BCUT2D eigenvalue weighted by Gasteiger charge is 2.49. The smallest absolute Gasteiger partial charge is 0.433 e. The lowest BCUT2D eigenvalue weighted by Gasteiger charge is -2.47. The number of aliphatic hydroxyl groups is 1. The molecule has 2 aromatic heterocycles. The molecule has 36 heavy (non-hydrogen) atoms. The number of hydroxylamine groups is 2. The van der Waals surface area contributed by atoms with E-state index >= 15 is 0 Å². The molecular weight excluding hydrogens is 464 g/mol. The highest BCUT2D eigenvalue weighted by Crippen LogP contribution is 2.40. The molecule has 1 fully saturated rings. The molecule has 1 aromatic carbocycles. The lowest BCUT2D eigenvalue weighted by Crippen LogP contribution is -2.58. The van der Waals surface area contributed by atoms with Crippen molar-refractivity contribution in [3.63, 3.8) is 0 Å². The number of hydrogen-bond acceptors (Lipinski definition) is 10. The Hall–Kier alpha value is -3.83. The van der Waals surface area contributed by atoms with Crippen LogP contribution in [0.4, 0.5) is 10.7 Å². The van der Waals surface area contributed by atoms with Gasteiger partial charge in [-0.1, -0.05) is 30.3 Å². The predicted octanol–water partition coefficient (Wildman–Crippen LogP) is 2.18. The second-order valence-corrected chi connectivity index (χ2v) is 8.93. The van der Waals surface area contributed by atoms with E-state index in [0.29, 0.717) is 49.8 Å². The summed E-state index contributed by atoms with van der Waals surface area (Å²) in [4.78, 5) is 45.5. The lowest BCUT2D eigenvalue weighted by molar-refractivity contribution is -0.115. The van der Waals surface area contributed by atoms with Gasteiger partial charge in [-0.3, -0.25) is 9.36 Å². The van der Waals surface area contributed by atoms with E-state index in [2.05, 4.69) is 9.97 Å². The van der Waals surface area contributed by atoms with Crippen LogP contribution in [-0.4, -0.2) is 67.6 Å². The summed E-state index contributed by atoms with van der Waals surface area (Å²) in [5.74, 6) is 0.454. The number of carbonyl (C=O) groups is 1. The van der Waals surface area contributed by atoms with E-state index in [1.165, 1.54) is 12.4 Å². The van der Waals surface area contributed by atoms with Crippen molar-refractivity contribution >= 4 is 12.1 Å². The van der Waals surface area contributed by atoms with E-state index < -0.39 is 17.8 Å². The molecule has 2 aliphatic heterocycles. The van der Waals surface area contributed by atoms with Crippen molar-refractivity contribution in [3.8, 4) is 11.4 Å². The van der Waals surface area contributed by atoms with Gasteiger partial charge in [0.1, 0.15) is 6.33 Å². The first kappa shape index (κ1) is 23.9. The molecule has 0 bridgehead atoms. The average Bonchev–Trinajstić information content (AvgIpc) is 3.29. The van der Waals surface area contributed by atoms with Gasteiger partial charge in [0, 0.05) is 25.4 Å². The standard InChI is InChI=1S/C25H28N6O5/c1-2-35-24(34)36-29-12-9-25(16-29)10-13-30-22(33)14-20(19-8-11-26-17-27-19)28-23(30)31(25)15-21(32)18-6-4-3-5-7-18/h3-8,11,14,17,21,32H,2,9-10,12-13,15-16H2,1H3/t21-,25?/m1/s1. The molecule has 4 heterocycles. The average molecular weight is 493 g/mol. The Labute approximate surface area is 207 Å². The maximum Gasteiger partial charge on any atom is 0.527 e. The maximum atomic E-state index is 13.1. The van der Waals surface area contributed by atoms with E-state index in [-0.39, 0.29) is 18.7 Å². The van der Waals surface area contributed by atoms with Crippen LogP contribution in [0.3, 0.4) is 0 Å². The van der Waals surface area contributed by atoms with E-state index in [9.17, 15) is 14.7 Å². The zero-order valence-electron chi connectivity index (χ0n) is 20.0. The third kappa shape index (κ3) is 4.67. The molecule has 0 aliphatic carbocycles. The fourth-order valence-corrected chi connectivity index (χ4v) is 4.95. The minimum Gasteiger partial charge on any atom is -0.433 e. The predicted molar refractivity (Wildman–Crippen MR) is 130 cm³/mol. The van der Waals surface area contributed by atoms with Crippen molar-refractivity contribution in [2.75, 3.05) is 31.1 Å². The number of fused-ring (bicyclic) bond motifs is 1. The van der Waals surface area contributed by atoms with Gasteiger partial charge in [-0.25, -0.2) is 19.7 Å². The number of anilines is 1. The molecule has 1 unspecified atom stereocenters. The SMILES string of the molecule is CCOC(=O)ON1CCC2(CCn3c(nc(-c4ccncn4)cc3=O)N2C[C@@H](O)c2ccccc2)C1. The van der Waals surface area contributed by atoms with Crippen molar-refractivity contribution in [1.82, 2.24) is 24.6 Å². The van der Waals surface area contributed by atoms with Crippen molar-refractivity contribution in [2.24, 2.45) is 0 Å². The van der Waals surface area contributed by atoms with Crippen LogP contribution in [0, 0.1) is 0 Å². The highest BCUT2D eigenvalue weighted by atomic mass is 16.8. The van der Waals surface area contributed by atoms with E-state index in [0.717, 1.165) is 5.56 Å². The number of rotatable bonds is 6. The Kier molecular flexibility index (Phi) is 6.66. The van der Waals surface area contributed by atoms with Crippen LogP contribution < -0.4 is 10.5 Å². The Morgan fingerprint density at radius 1 is 1.17 bits per heavy atom. The lowest BCUT2D eigenvalue weighted by atomic mass is 9.89. The molecule has 1 N–H and O–H groups in total. The summed E-state index contributed by atoms with van der Waals surface area (Å²) >= 11 is 0. The second kappa shape index (κ2) is 10.0. The molecule has 5 rings (SSSR count). The Bertz CT molecular complexity index is 1270. The van der Waals surface area contributed by atoms with Gasteiger partial charge in [-0.2, -0.15) is 0 Å². The first-order valence-electron chi connectivity index (χ1n) is 12.0. The van der Waals surface area contributed by atoms with Crippen molar-refractivity contribution in [1.29, 1.82) is 0 Å². The molecule has 0 saturated carbocycles. The number of benzene rings is 1. The summed E-state index contributed by atoms with van der Waals surface area (Å²) in [5.41, 5.74) is 1.03. The van der Waals surface area contributed by atoms with Crippen molar-refractivity contribution in [2.45, 2.75) is 38.0 Å². The third-order valence-corrected chi connectivity index (χ3v) is 6.75. The van der Waals surface area contributed by atoms with Crippen LogP contribution in [0.1, 0.15) is 31.4 Å². The Balaban J connectivity index is 1.53. The first-order chi connectivity index (χ1) is 17.5. The van der Waals surface area contributed by atoms with Gasteiger partial charge < -0.3 is 19.6 Å². The summed E-state index contributed by atoms with van der Waals surface area (Å²) in [6.45, 7) is 3.48. The van der Waals surface area contributed by atoms with Gasteiger partial charge in [0.15, 0.2) is 0 Å². The van der Waals surface area contributed by atoms with E-state index in [4.69, 9.17) is 14.6 Å². The molecular formula is C25H28N6O5. The minimum atomic E-state index is -0.825. The van der Waals surface area contributed by atoms with Crippen LogP contribution in [0.15, 0.2) is 59.8 Å². The number of aromatic nitrogens is 4. The normalized spacial score (nSPS) is 20.2. The molecule has 11 heteroatoms. The maximum absolute atomic E-state index is 13.1. The Morgan fingerprint density at radius 2 is 1.97 bits per heavy atom. The third-order valence-electron chi connectivity index (χ3n) is 6.75. The molecule has 11 nitrogen and oxygen atoms in total. The van der Waals surface area contributed by atoms with E-state index in [1.54, 1.807) is 28.8 Å². The van der Waals surface area contributed by atoms with Gasteiger partial charge in [0.25, 0.3) is 5.56 Å². The topological polar surface area (TPSA) is 123 Å². The Morgan fingerprint density at radius 3 is 2.72 bits per heavy atom. The van der Waals surface area contributed by atoms with Gasteiger partial charge in [0.05, 0.1) is 42.7 Å². The first-order valence-corrected chi connectivity index (χ1v) is 12.0. The largest absolute Gasteiger partial charge is 0.527 e. The highest BCUT2D eigenvalue weighted by molar-refractivity contribution is 5.59. The van der Waals surface area contributed by atoms with Gasteiger partial charge in [0.2, 0.25) is 5.95 Å². The molecule has 188 valence electrons. The van der Waals surface area contributed by atoms with E-state index in [1.807, 2.05) is 35.2 Å². The number of nitrogens with zero attached hydrogens (tertiary/aromatic N) is 6. The number of hydrogen-bond donors (Lipinski definition) is 1.